The molecule has 4 fully saturated rings. The molecule has 0 bridgehead atoms. The summed E-state index contributed by atoms with van der Waals surface area (Å²) in [4.78, 5) is 38.4. The fraction of sp³-hybridized carbons (Fsp3) is 0.944. The van der Waals surface area contributed by atoms with Crippen LogP contribution >= 0.6 is 0 Å². The molecular weight excluding hydrogens is 883 g/mol. The van der Waals surface area contributed by atoms with E-state index >= 15 is 0 Å². The van der Waals surface area contributed by atoms with Gasteiger partial charge in [0, 0.05) is 17.8 Å². The summed E-state index contributed by atoms with van der Waals surface area (Å²) in [6.45, 7) is 12.9. The van der Waals surface area contributed by atoms with Gasteiger partial charge in [-0.05, 0) is 97.8 Å². The maximum Gasteiger partial charge on any atom is 0.334 e. The molecule has 0 radical (unpaired) electrons. The number of rotatable bonds is 33. The fourth-order valence-corrected chi connectivity index (χ4v) is 11.0. The molecule has 0 aromatic rings. The summed E-state index contributed by atoms with van der Waals surface area (Å²) in [6, 6.07) is 0. The Bertz CT molecular complexity index is 1240. The van der Waals surface area contributed by atoms with E-state index in [1.54, 1.807) is 20.8 Å². The molecule has 12 atom stereocenters. The van der Waals surface area contributed by atoms with Gasteiger partial charge >= 0.3 is 17.9 Å². The van der Waals surface area contributed by atoms with Crippen molar-refractivity contribution >= 4 is 17.9 Å². The molecule has 6 N–H and O–H groups in total. The monoisotopic (exact) mass is 982 g/mol. The summed E-state index contributed by atoms with van der Waals surface area (Å²) in [6.07, 6.45) is 18.4. The number of esters is 3. The van der Waals surface area contributed by atoms with Gasteiger partial charge in [0.25, 0.3) is 0 Å². The van der Waals surface area contributed by atoms with E-state index < -0.39 is 36.6 Å². The topological polar surface area (TPSA) is 203 Å². The maximum atomic E-state index is 12.8. The maximum absolute atomic E-state index is 12.8. The summed E-state index contributed by atoms with van der Waals surface area (Å²) in [5, 5.41) is 46.4. The average Bonchev–Trinajstić information content (AvgIpc) is 3.32. The fourth-order valence-electron chi connectivity index (χ4n) is 11.0. The van der Waals surface area contributed by atoms with Gasteiger partial charge in [-0.25, -0.2) is 14.4 Å². The molecule has 3 saturated carbocycles. The van der Waals surface area contributed by atoms with E-state index in [4.69, 9.17) is 28.4 Å². The summed E-state index contributed by atoms with van der Waals surface area (Å²) >= 11 is 0. The quantitative estimate of drug-likeness (QED) is 0.0208. The van der Waals surface area contributed by atoms with Crippen molar-refractivity contribution in [3.63, 3.8) is 0 Å². The van der Waals surface area contributed by atoms with Crippen molar-refractivity contribution in [2.45, 2.75) is 288 Å². The van der Waals surface area contributed by atoms with Crippen LogP contribution in [0.4, 0.5) is 0 Å². The van der Waals surface area contributed by atoms with Crippen molar-refractivity contribution in [2.75, 3.05) is 19.8 Å². The first kappa shape index (κ1) is 59.6. The summed E-state index contributed by atoms with van der Waals surface area (Å²) in [5.41, 5.74) is 0. The second kappa shape index (κ2) is 33.7. The summed E-state index contributed by atoms with van der Waals surface area (Å²) < 4.78 is 35.1. The molecule has 0 spiro atoms. The Labute approximate surface area is 416 Å². The van der Waals surface area contributed by atoms with Crippen molar-refractivity contribution < 1.29 is 58.1 Å². The Balaban J connectivity index is 1.33. The zero-order valence-corrected chi connectivity index (χ0v) is 43.9. The van der Waals surface area contributed by atoms with Gasteiger partial charge in [-0.15, -0.1) is 0 Å². The van der Waals surface area contributed by atoms with Gasteiger partial charge in [0.2, 0.25) is 0 Å². The number of carbonyl (C=O) groups is 3. The number of ether oxygens (including phenoxy) is 6. The highest BCUT2D eigenvalue weighted by atomic mass is 16.6. The number of hydrogen-bond donors (Lipinski definition) is 6. The molecule has 15 heteroatoms. The highest BCUT2D eigenvalue weighted by molar-refractivity contribution is 5.75. The normalized spacial score (nSPS) is 31.1. The van der Waals surface area contributed by atoms with Crippen LogP contribution in [0.5, 0.6) is 0 Å². The van der Waals surface area contributed by atoms with Crippen molar-refractivity contribution in [1.82, 2.24) is 16.0 Å². The lowest BCUT2D eigenvalue weighted by molar-refractivity contribution is -0.164. The van der Waals surface area contributed by atoms with Crippen LogP contribution in [0.2, 0.25) is 0 Å². The van der Waals surface area contributed by atoms with Crippen LogP contribution in [0.3, 0.4) is 0 Å². The largest absolute Gasteiger partial charge is 0.464 e. The molecule has 3 aliphatic carbocycles. The van der Waals surface area contributed by atoms with E-state index in [1.807, 2.05) is 0 Å². The van der Waals surface area contributed by atoms with Crippen molar-refractivity contribution in [1.29, 1.82) is 0 Å². The molecule has 69 heavy (non-hydrogen) atoms. The Kier molecular flexibility index (Phi) is 29.1. The minimum atomic E-state index is -0.743. The van der Waals surface area contributed by atoms with Crippen LogP contribution in [0.15, 0.2) is 0 Å². The van der Waals surface area contributed by atoms with Crippen LogP contribution in [-0.2, 0) is 42.8 Å². The zero-order valence-electron chi connectivity index (χ0n) is 43.9. The molecule has 15 nitrogen and oxygen atoms in total. The van der Waals surface area contributed by atoms with Crippen LogP contribution in [0.25, 0.3) is 0 Å². The predicted molar refractivity (Wildman–Crippen MR) is 267 cm³/mol. The highest BCUT2D eigenvalue weighted by Gasteiger charge is 2.47. The third kappa shape index (κ3) is 21.6. The Morgan fingerprint density at radius 1 is 0.406 bits per heavy atom. The van der Waals surface area contributed by atoms with Crippen molar-refractivity contribution in [3.05, 3.63) is 0 Å². The van der Waals surface area contributed by atoms with Crippen LogP contribution in [0, 0.1) is 17.8 Å². The van der Waals surface area contributed by atoms with E-state index in [0.717, 1.165) is 57.8 Å². The molecule has 12 unspecified atom stereocenters. The number of unbranched alkanes of at least 4 members (excludes halogenated alkanes) is 15. The third-order valence-corrected chi connectivity index (χ3v) is 15.2. The van der Waals surface area contributed by atoms with E-state index in [2.05, 4.69) is 36.7 Å². The minimum absolute atomic E-state index is 0.216. The molecule has 1 aliphatic heterocycles. The number of carbonyl (C=O) groups excluding carboxylic acids is 3. The van der Waals surface area contributed by atoms with Gasteiger partial charge < -0.3 is 43.7 Å². The SMILES string of the molecule is CCCCCCCCOC(=O)C(C)OC1CCC(C2NC(C3CCC(OC(C)C(=O)OCCCCCCCC)CC3O)NC(C3CCC(OC(C)C(=O)OCCCCCCCC)CC3O)N2)C(O)C1. The van der Waals surface area contributed by atoms with E-state index in [-0.39, 0.29) is 72.5 Å². The van der Waals surface area contributed by atoms with E-state index in [0.29, 0.717) is 77.6 Å². The van der Waals surface area contributed by atoms with E-state index in [9.17, 15) is 29.7 Å². The smallest absolute Gasteiger partial charge is 0.334 e. The van der Waals surface area contributed by atoms with Gasteiger partial charge in [0.15, 0.2) is 18.3 Å². The van der Waals surface area contributed by atoms with Gasteiger partial charge in [-0.1, -0.05) is 117 Å². The van der Waals surface area contributed by atoms with Crippen molar-refractivity contribution in [2.24, 2.45) is 17.8 Å². The molecular formula is C54H99N3O12. The lowest BCUT2D eigenvalue weighted by Gasteiger charge is -2.51. The summed E-state index contributed by atoms with van der Waals surface area (Å²) in [7, 11) is 0. The van der Waals surface area contributed by atoms with Crippen LogP contribution in [0.1, 0.15) is 215 Å². The predicted octanol–water partition coefficient (Wildman–Crippen LogP) is 8.26. The van der Waals surface area contributed by atoms with Crippen molar-refractivity contribution in [3.8, 4) is 0 Å². The molecule has 0 aromatic carbocycles. The Morgan fingerprint density at radius 2 is 0.652 bits per heavy atom. The van der Waals surface area contributed by atoms with Gasteiger partial charge in [0.05, 0.1) is 74.9 Å². The standard InChI is InChI=1S/C54H99N3O12/c1-7-10-13-16-19-22-31-64-52(61)37(4)67-40-25-28-43(46(58)34-40)49-55-50(44-29-26-41(35-47(44)59)68-38(5)53(62)65-32-23-20-17-14-11-8-2)57-51(56-49)45-30-27-42(36-48(45)60)69-39(6)54(63)66-33-24-21-18-15-12-9-3/h37-51,55-60H,7-36H2,1-6H3. The molecule has 4 rings (SSSR count). The second-order valence-electron chi connectivity index (χ2n) is 21.1. The summed E-state index contributed by atoms with van der Waals surface area (Å²) in [5.74, 6) is -1.77. The Hall–Kier alpha value is -1.95. The minimum Gasteiger partial charge on any atom is -0.464 e. The zero-order chi connectivity index (χ0) is 50.0. The lowest BCUT2D eigenvalue weighted by Crippen LogP contribution is -2.75. The molecule has 0 amide bonds. The van der Waals surface area contributed by atoms with Crippen LogP contribution < -0.4 is 16.0 Å². The first-order valence-corrected chi connectivity index (χ1v) is 28.1. The van der Waals surface area contributed by atoms with E-state index in [1.165, 1.54) is 57.8 Å². The van der Waals surface area contributed by atoms with Gasteiger partial charge in [-0.3, -0.25) is 16.0 Å². The third-order valence-electron chi connectivity index (χ3n) is 15.2. The number of nitrogens with one attached hydrogen (secondary N) is 3. The lowest BCUT2D eigenvalue weighted by atomic mass is 9.77. The first-order valence-electron chi connectivity index (χ1n) is 28.1. The number of aliphatic hydroxyl groups is 3. The first-order chi connectivity index (χ1) is 33.3. The molecule has 1 saturated heterocycles. The number of hydrogen-bond acceptors (Lipinski definition) is 15. The molecule has 4 aliphatic rings. The Morgan fingerprint density at radius 3 is 0.899 bits per heavy atom. The second-order valence-corrected chi connectivity index (χ2v) is 21.1. The molecule has 0 aromatic heterocycles. The highest BCUT2D eigenvalue weighted by Crippen LogP contribution is 2.37. The molecule has 1 heterocycles. The average molecular weight is 982 g/mol. The van der Waals surface area contributed by atoms with Gasteiger partial charge in [-0.2, -0.15) is 0 Å². The number of aliphatic hydroxyl groups excluding tert-OH is 3. The van der Waals surface area contributed by atoms with Gasteiger partial charge in [0.1, 0.15) is 0 Å². The van der Waals surface area contributed by atoms with Crippen LogP contribution in [-0.4, -0.2) is 126 Å². The molecule has 402 valence electrons.